The largest absolute Gasteiger partial charge is 0.367 e. The van der Waals surface area contributed by atoms with Crippen LogP contribution in [0.4, 0.5) is 20.3 Å². The van der Waals surface area contributed by atoms with E-state index in [9.17, 15) is 13.6 Å². The number of fused-ring (bicyclic) bond motifs is 1. The summed E-state index contributed by atoms with van der Waals surface area (Å²) in [5.74, 6) is 0.876. The number of halogens is 2. The Morgan fingerprint density at radius 2 is 1.92 bits per heavy atom. The summed E-state index contributed by atoms with van der Waals surface area (Å²) in [6, 6.07) is 3.31. The van der Waals surface area contributed by atoms with Gasteiger partial charge in [-0.1, -0.05) is 0 Å². The van der Waals surface area contributed by atoms with Crippen molar-refractivity contribution < 1.29 is 8.78 Å². The molecular weight excluding hydrogens is 344 g/mol. The van der Waals surface area contributed by atoms with E-state index < -0.39 is 18.5 Å². The highest BCUT2D eigenvalue weighted by molar-refractivity contribution is 5.87. The Hall–Kier alpha value is -3.04. The molecule has 0 saturated carbocycles. The molecule has 3 aromatic heterocycles. The van der Waals surface area contributed by atoms with Crippen LogP contribution in [0, 0.1) is 0 Å². The molecule has 0 spiro atoms. The molecule has 3 aromatic rings. The molecule has 26 heavy (non-hydrogen) atoms. The van der Waals surface area contributed by atoms with Gasteiger partial charge < -0.3 is 14.8 Å². The Kier molecular flexibility index (Phi) is 4.23. The fraction of sp³-hybridized carbons (Fsp3) is 0.375. The molecule has 0 amide bonds. The summed E-state index contributed by atoms with van der Waals surface area (Å²) in [5.41, 5.74) is 0.925. The molecule has 4 heterocycles. The third kappa shape index (κ3) is 3.09. The standard InChI is InChI=1S/C16H17F2N7O/c17-13(18)9-25-14(26)7-11(8-22-25)23-3-5-24(6-4-23)16-12-1-2-19-15(12)20-10-21-16/h1-2,7-8,10,13H,3-6,9H2,(H,19,20,21). The van der Waals surface area contributed by atoms with Crippen LogP contribution in [0.5, 0.6) is 0 Å². The lowest BCUT2D eigenvalue weighted by atomic mass is 10.2. The van der Waals surface area contributed by atoms with Crippen LogP contribution in [-0.2, 0) is 6.54 Å². The maximum absolute atomic E-state index is 12.4. The number of aromatic amines is 1. The predicted molar refractivity (Wildman–Crippen MR) is 92.8 cm³/mol. The lowest BCUT2D eigenvalue weighted by Gasteiger charge is -2.36. The van der Waals surface area contributed by atoms with Gasteiger partial charge in [0.25, 0.3) is 12.0 Å². The predicted octanol–water partition coefficient (Wildman–Crippen LogP) is 1.11. The lowest BCUT2D eigenvalue weighted by molar-refractivity contribution is 0.119. The number of H-pyrrole nitrogens is 1. The number of piperazine rings is 1. The summed E-state index contributed by atoms with van der Waals surface area (Å²) in [7, 11) is 0. The zero-order valence-electron chi connectivity index (χ0n) is 13.8. The van der Waals surface area contributed by atoms with Crippen LogP contribution < -0.4 is 15.4 Å². The lowest BCUT2D eigenvalue weighted by Crippen LogP contribution is -2.47. The number of aromatic nitrogens is 5. The van der Waals surface area contributed by atoms with Crippen LogP contribution in [0.25, 0.3) is 11.0 Å². The topological polar surface area (TPSA) is 82.9 Å². The molecule has 1 N–H and O–H groups in total. The highest BCUT2D eigenvalue weighted by Crippen LogP contribution is 2.24. The van der Waals surface area contributed by atoms with Gasteiger partial charge in [0.2, 0.25) is 0 Å². The summed E-state index contributed by atoms with van der Waals surface area (Å²) >= 11 is 0. The van der Waals surface area contributed by atoms with Gasteiger partial charge in [-0.05, 0) is 6.07 Å². The van der Waals surface area contributed by atoms with Gasteiger partial charge in [0.05, 0.1) is 17.3 Å². The molecule has 0 aliphatic carbocycles. The fourth-order valence-corrected chi connectivity index (χ4v) is 3.15. The molecule has 10 heteroatoms. The first-order valence-corrected chi connectivity index (χ1v) is 8.25. The van der Waals surface area contributed by atoms with Crippen molar-refractivity contribution in [2.45, 2.75) is 13.0 Å². The molecular formula is C16H17F2N7O. The van der Waals surface area contributed by atoms with E-state index in [1.165, 1.54) is 18.6 Å². The summed E-state index contributed by atoms with van der Waals surface area (Å²) in [4.78, 5) is 27.8. The van der Waals surface area contributed by atoms with E-state index in [4.69, 9.17) is 0 Å². The van der Waals surface area contributed by atoms with E-state index in [1.54, 1.807) is 0 Å². The number of hydrogen-bond acceptors (Lipinski definition) is 6. The Bertz CT molecular complexity index is 962. The van der Waals surface area contributed by atoms with Crippen molar-refractivity contribution in [3.8, 4) is 0 Å². The van der Waals surface area contributed by atoms with Crippen LogP contribution in [0.2, 0.25) is 0 Å². The second kappa shape index (κ2) is 6.70. The second-order valence-corrected chi connectivity index (χ2v) is 6.04. The van der Waals surface area contributed by atoms with Crippen molar-refractivity contribution in [3.63, 3.8) is 0 Å². The first-order valence-electron chi connectivity index (χ1n) is 8.25. The normalized spacial score (nSPS) is 15.2. The minimum absolute atomic E-state index is 0.518. The second-order valence-electron chi connectivity index (χ2n) is 6.04. The van der Waals surface area contributed by atoms with Gasteiger partial charge >= 0.3 is 0 Å². The Morgan fingerprint density at radius 1 is 1.15 bits per heavy atom. The first kappa shape index (κ1) is 16.4. The van der Waals surface area contributed by atoms with Crippen molar-refractivity contribution in [1.29, 1.82) is 0 Å². The van der Waals surface area contributed by atoms with Crippen LogP contribution in [0.3, 0.4) is 0 Å². The molecule has 0 bridgehead atoms. The number of rotatable bonds is 4. The van der Waals surface area contributed by atoms with Gasteiger partial charge in [-0.25, -0.2) is 23.4 Å². The molecule has 1 aliphatic heterocycles. The van der Waals surface area contributed by atoms with Crippen molar-refractivity contribution in [3.05, 3.63) is 41.2 Å². The Morgan fingerprint density at radius 3 is 2.65 bits per heavy atom. The fourth-order valence-electron chi connectivity index (χ4n) is 3.15. The first-order chi connectivity index (χ1) is 12.6. The molecule has 0 atom stereocenters. The summed E-state index contributed by atoms with van der Waals surface area (Å²) < 4.78 is 25.6. The van der Waals surface area contributed by atoms with Crippen molar-refractivity contribution in [2.75, 3.05) is 36.0 Å². The molecule has 8 nitrogen and oxygen atoms in total. The maximum Gasteiger partial charge on any atom is 0.269 e. The molecule has 0 aromatic carbocycles. The smallest absolute Gasteiger partial charge is 0.269 e. The molecule has 0 radical (unpaired) electrons. The minimum Gasteiger partial charge on any atom is -0.367 e. The van der Waals surface area contributed by atoms with Gasteiger partial charge in [0.15, 0.2) is 0 Å². The quantitative estimate of drug-likeness (QED) is 0.750. The molecule has 136 valence electrons. The van der Waals surface area contributed by atoms with E-state index in [-0.39, 0.29) is 0 Å². The van der Waals surface area contributed by atoms with Crippen molar-refractivity contribution >= 4 is 22.5 Å². The van der Waals surface area contributed by atoms with Crippen LogP contribution in [-0.4, -0.2) is 57.3 Å². The van der Waals surface area contributed by atoms with E-state index in [2.05, 4.69) is 25.0 Å². The van der Waals surface area contributed by atoms with Crippen LogP contribution in [0.1, 0.15) is 0 Å². The highest BCUT2D eigenvalue weighted by atomic mass is 19.3. The SMILES string of the molecule is O=c1cc(N2CCN(c3ncnc4[nH]ccc34)CC2)cnn1CC(F)F. The van der Waals surface area contributed by atoms with E-state index in [0.29, 0.717) is 18.8 Å². The monoisotopic (exact) mass is 361 g/mol. The van der Waals surface area contributed by atoms with E-state index in [0.717, 1.165) is 34.6 Å². The van der Waals surface area contributed by atoms with E-state index >= 15 is 0 Å². The highest BCUT2D eigenvalue weighted by Gasteiger charge is 2.21. The van der Waals surface area contributed by atoms with Gasteiger partial charge in [-0.2, -0.15) is 5.10 Å². The molecule has 4 rings (SSSR count). The third-order valence-corrected chi connectivity index (χ3v) is 4.44. The zero-order chi connectivity index (χ0) is 18.1. The average molecular weight is 361 g/mol. The maximum atomic E-state index is 12.4. The Balaban J connectivity index is 1.48. The van der Waals surface area contributed by atoms with Gasteiger partial charge in [-0.3, -0.25) is 4.79 Å². The molecule has 0 unspecified atom stereocenters. The minimum atomic E-state index is -2.60. The third-order valence-electron chi connectivity index (χ3n) is 4.44. The number of nitrogens with one attached hydrogen (secondary N) is 1. The number of alkyl halides is 2. The van der Waals surface area contributed by atoms with Crippen molar-refractivity contribution in [2.24, 2.45) is 0 Å². The average Bonchev–Trinajstić information content (AvgIpc) is 3.12. The number of anilines is 2. The van der Waals surface area contributed by atoms with E-state index in [1.807, 2.05) is 17.2 Å². The van der Waals surface area contributed by atoms with Gasteiger partial charge in [0.1, 0.15) is 24.3 Å². The summed E-state index contributed by atoms with van der Waals surface area (Å²) in [6.07, 6.45) is 2.23. The van der Waals surface area contributed by atoms with Gasteiger partial charge in [0, 0.05) is 38.4 Å². The summed E-state index contributed by atoms with van der Waals surface area (Å²) in [6.45, 7) is 2.11. The zero-order valence-corrected chi connectivity index (χ0v) is 13.8. The summed E-state index contributed by atoms with van der Waals surface area (Å²) in [5, 5.41) is 4.82. The van der Waals surface area contributed by atoms with Gasteiger partial charge in [-0.15, -0.1) is 0 Å². The number of hydrogen-bond donors (Lipinski definition) is 1. The van der Waals surface area contributed by atoms with Crippen molar-refractivity contribution in [1.82, 2.24) is 24.7 Å². The number of nitrogens with zero attached hydrogens (tertiary/aromatic N) is 6. The molecule has 1 aliphatic rings. The Labute approximate surface area is 147 Å². The molecule has 1 fully saturated rings. The van der Waals surface area contributed by atoms with Crippen LogP contribution >= 0.6 is 0 Å². The van der Waals surface area contributed by atoms with Crippen LogP contribution in [0.15, 0.2) is 35.6 Å². The molecule has 1 saturated heterocycles.